The average Bonchev–Trinajstić information content (AvgIpc) is 2.78. The molecule has 3 aromatic carbocycles. The molecule has 31 heavy (non-hydrogen) atoms. The zero-order chi connectivity index (χ0) is 21.8. The van der Waals surface area contributed by atoms with E-state index >= 15 is 0 Å². The second-order valence-electron chi connectivity index (χ2n) is 6.65. The molecule has 0 spiro atoms. The first-order valence-corrected chi connectivity index (χ1v) is 10.7. The highest BCUT2D eigenvalue weighted by Crippen LogP contribution is 2.37. The minimum atomic E-state index is -4.49. The Hall–Kier alpha value is -3.82. The van der Waals surface area contributed by atoms with Gasteiger partial charge in [-0.2, -0.15) is 8.42 Å². The molecule has 0 saturated carbocycles. The number of anilines is 1. The summed E-state index contributed by atoms with van der Waals surface area (Å²) in [6.45, 7) is 0.297. The van der Waals surface area contributed by atoms with Gasteiger partial charge in [-0.05, 0) is 24.3 Å². The number of benzene rings is 3. The molecule has 0 amide bonds. The first-order chi connectivity index (χ1) is 14.9. The highest BCUT2D eigenvalue weighted by Gasteiger charge is 2.18. The Morgan fingerprint density at radius 1 is 0.935 bits per heavy atom. The quantitative estimate of drug-likeness (QED) is 0.248. The predicted octanol–water partition coefficient (Wildman–Crippen LogP) is 5.06. The van der Waals surface area contributed by atoms with Crippen molar-refractivity contribution in [1.82, 2.24) is 4.98 Å². The van der Waals surface area contributed by atoms with Crippen LogP contribution in [0.25, 0.3) is 10.8 Å². The van der Waals surface area contributed by atoms with Gasteiger partial charge in [0.05, 0.1) is 5.69 Å². The summed E-state index contributed by atoms with van der Waals surface area (Å²) in [4.78, 5) is 3.77. The Kier molecular flexibility index (Phi) is 5.61. The number of ether oxygens (including phenoxy) is 1. The van der Waals surface area contributed by atoms with Crippen LogP contribution in [-0.2, 0) is 16.7 Å². The molecule has 0 aliphatic heterocycles. The third-order valence-electron chi connectivity index (χ3n) is 4.55. The summed E-state index contributed by atoms with van der Waals surface area (Å²) >= 11 is 0. The monoisotopic (exact) mass is 434 g/mol. The number of hydrogen-bond donors (Lipinski definition) is 2. The maximum absolute atomic E-state index is 11.9. The van der Waals surface area contributed by atoms with Crippen molar-refractivity contribution < 1.29 is 17.7 Å². The molecule has 156 valence electrons. The molecule has 0 fully saturated rings. The van der Waals surface area contributed by atoms with E-state index in [0.29, 0.717) is 28.8 Å². The number of fused-ring (bicyclic) bond motifs is 1. The van der Waals surface area contributed by atoms with Crippen LogP contribution in [0.2, 0.25) is 0 Å². The summed E-state index contributed by atoms with van der Waals surface area (Å²) in [7, 11) is -4.49. The zero-order valence-corrected chi connectivity index (χ0v) is 17.0. The number of nitrogens with two attached hydrogens (primary N) is 1. The van der Waals surface area contributed by atoms with Crippen LogP contribution in [0.15, 0.2) is 94.2 Å². The number of azo groups is 1. The topological polar surface area (TPSA) is 127 Å². The number of hydrogen-bond acceptors (Lipinski definition) is 7. The fraction of sp³-hybridized carbons (Fsp3) is 0.0455. The van der Waals surface area contributed by atoms with E-state index in [1.54, 1.807) is 60.9 Å². The first-order valence-electron chi connectivity index (χ1n) is 9.24. The maximum Gasteiger partial charge on any atom is 0.295 e. The van der Waals surface area contributed by atoms with Gasteiger partial charge in [0.2, 0.25) is 0 Å². The van der Waals surface area contributed by atoms with E-state index in [1.807, 2.05) is 12.1 Å². The first kappa shape index (κ1) is 20.5. The van der Waals surface area contributed by atoms with Gasteiger partial charge >= 0.3 is 0 Å². The lowest BCUT2D eigenvalue weighted by Gasteiger charge is -2.10. The molecular weight excluding hydrogens is 416 g/mol. The summed E-state index contributed by atoms with van der Waals surface area (Å²) in [5.41, 5.74) is 7.90. The van der Waals surface area contributed by atoms with Crippen molar-refractivity contribution >= 4 is 38.0 Å². The smallest absolute Gasteiger partial charge is 0.295 e. The molecule has 9 heteroatoms. The Labute approximate surface area is 178 Å². The van der Waals surface area contributed by atoms with Gasteiger partial charge in [-0.1, -0.05) is 42.5 Å². The fourth-order valence-corrected chi connectivity index (χ4v) is 3.78. The van der Waals surface area contributed by atoms with Crippen molar-refractivity contribution in [3.63, 3.8) is 0 Å². The molecule has 3 N–H and O–H groups in total. The molecule has 0 aliphatic carbocycles. The number of para-hydroxylation sites is 1. The zero-order valence-electron chi connectivity index (χ0n) is 16.2. The lowest BCUT2D eigenvalue weighted by Crippen LogP contribution is -2.01. The molecule has 4 rings (SSSR count). The van der Waals surface area contributed by atoms with Crippen LogP contribution in [-0.4, -0.2) is 18.0 Å². The highest BCUT2D eigenvalue weighted by molar-refractivity contribution is 7.86. The van der Waals surface area contributed by atoms with Crippen molar-refractivity contribution in [3.05, 3.63) is 84.7 Å². The molecule has 0 bridgehead atoms. The van der Waals surface area contributed by atoms with Crippen LogP contribution in [0, 0.1) is 0 Å². The third kappa shape index (κ3) is 4.52. The molecule has 1 aromatic heterocycles. The maximum atomic E-state index is 11.9. The van der Waals surface area contributed by atoms with E-state index in [0.717, 1.165) is 5.56 Å². The van der Waals surface area contributed by atoms with Gasteiger partial charge in [0.1, 0.15) is 28.6 Å². The van der Waals surface area contributed by atoms with E-state index in [1.165, 1.54) is 6.07 Å². The molecule has 0 radical (unpaired) electrons. The number of rotatable bonds is 6. The van der Waals surface area contributed by atoms with Gasteiger partial charge in [-0.15, -0.1) is 10.2 Å². The van der Waals surface area contributed by atoms with Crippen LogP contribution in [0.5, 0.6) is 5.75 Å². The van der Waals surface area contributed by atoms with E-state index < -0.39 is 10.1 Å². The van der Waals surface area contributed by atoms with Crippen molar-refractivity contribution in [2.75, 3.05) is 5.73 Å². The molecule has 4 aromatic rings. The molecule has 1 heterocycles. The second-order valence-corrected chi connectivity index (χ2v) is 8.04. The van der Waals surface area contributed by atoms with Crippen LogP contribution < -0.4 is 10.5 Å². The fourth-order valence-electron chi connectivity index (χ4n) is 3.06. The average molecular weight is 434 g/mol. The summed E-state index contributed by atoms with van der Waals surface area (Å²) in [5.74, 6) is 0.490. The van der Waals surface area contributed by atoms with Crippen molar-refractivity contribution in [1.29, 1.82) is 0 Å². The number of pyridine rings is 1. The highest BCUT2D eigenvalue weighted by atomic mass is 32.2. The molecule has 0 atom stereocenters. The van der Waals surface area contributed by atoms with E-state index in [9.17, 15) is 13.0 Å². The largest absolute Gasteiger partial charge is 0.487 e. The molecule has 0 unspecified atom stereocenters. The Morgan fingerprint density at radius 3 is 2.39 bits per heavy atom. The minimum Gasteiger partial charge on any atom is -0.487 e. The lowest BCUT2D eigenvalue weighted by molar-refractivity contribution is 0.307. The minimum absolute atomic E-state index is 0.119. The van der Waals surface area contributed by atoms with Gasteiger partial charge in [-0.3, -0.25) is 9.54 Å². The van der Waals surface area contributed by atoms with Gasteiger partial charge in [0.15, 0.2) is 0 Å². The Balaban J connectivity index is 1.70. The van der Waals surface area contributed by atoms with Gasteiger partial charge in [-0.25, -0.2) is 0 Å². The molecule has 0 aliphatic rings. The second kappa shape index (κ2) is 8.50. The SMILES string of the molecule is Nc1c(/N=N/c2ccccc2OCc2cccnc2)cc(S(=O)(=O)O)c2ccccc12. The van der Waals surface area contributed by atoms with Gasteiger partial charge in [0, 0.05) is 28.7 Å². The Morgan fingerprint density at radius 2 is 1.65 bits per heavy atom. The van der Waals surface area contributed by atoms with Crippen molar-refractivity contribution in [2.24, 2.45) is 10.2 Å². The van der Waals surface area contributed by atoms with E-state index in [2.05, 4.69) is 15.2 Å². The van der Waals surface area contributed by atoms with Crippen molar-refractivity contribution in [3.8, 4) is 5.75 Å². The van der Waals surface area contributed by atoms with Gasteiger partial charge < -0.3 is 10.5 Å². The van der Waals surface area contributed by atoms with Crippen LogP contribution >= 0.6 is 0 Å². The lowest BCUT2D eigenvalue weighted by atomic mass is 10.1. The summed E-state index contributed by atoms with van der Waals surface area (Å²) in [6.07, 6.45) is 3.39. The van der Waals surface area contributed by atoms with E-state index in [-0.39, 0.29) is 16.3 Å². The third-order valence-corrected chi connectivity index (χ3v) is 5.45. The van der Waals surface area contributed by atoms with Crippen LogP contribution in [0.3, 0.4) is 0 Å². The Bertz CT molecular complexity index is 1370. The summed E-state index contributed by atoms with van der Waals surface area (Å²) in [6, 6.07) is 18.6. The molecule has 8 nitrogen and oxygen atoms in total. The number of aromatic nitrogens is 1. The predicted molar refractivity (Wildman–Crippen MR) is 117 cm³/mol. The van der Waals surface area contributed by atoms with Crippen LogP contribution in [0.1, 0.15) is 5.56 Å². The summed E-state index contributed by atoms with van der Waals surface area (Å²) in [5, 5.41) is 9.11. The van der Waals surface area contributed by atoms with Gasteiger partial charge in [0.25, 0.3) is 10.1 Å². The van der Waals surface area contributed by atoms with E-state index in [4.69, 9.17) is 10.5 Å². The number of nitrogens with zero attached hydrogens (tertiary/aromatic N) is 3. The molecule has 0 saturated heterocycles. The molecular formula is C22H18N4O4S. The number of nitrogen functional groups attached to an aromatic ring is 1. The standard InChI is InChI=1S/C22H18N4O4S/c23-22-17-8-2-1-7-16(17)21(31(27,28)29)12-19(22)26-25-18-9-3-4-10-20(18)30-14-15-6-5-11-24-13-15/h1-13H,14,23H2,(H,27,28,29)/b26-25+. The summed E-state index contributed by atoms with van der Waals surface area (Å²) < 4.78 is 39.2. The van der Waals surface area contributed by atoms with Crippen LogP contribution in [0.4, 0.5) is 17.1 Å². The van der Waals surface area contributed by atoms with Crippen molar-refractivity contribution in [2.45, 2.75) is 11.5 Å². The normalized spacial score (nSPS) is 11.8.